The van der Waals surface area contributed by atoms with Gasteiger partial charge >= 0.3 is 0 Å². The molecule has 3 aliphatic heterocycles. The normalized spacial score (nSPS) is 22.0. The van der Waals surface area contributed by atoms with Crippen molar-refractivity contribution >= 4 is 11.0 Å². The highest BCUT2D eigenvalue weighted by Gasteiger charge is 2.30. The van der Waals surface area contributed by atoms with Crippen LogP contribution in [0.25, 0.3) is 22.3 Å². The molecule has 3 saturated heterocycles. The summed E-state index contributed by atoms with van der Waals surface area (Å²) >= 11 is 0. The maximum absolute atomic E-state index is 5.93. The van der Waals surface area contributed by atoms with Gasteiger partial charge in [-0.25, -0.2) is 9.97 Å². The van der Waals surface area contributed by atoms with Crippen molar-refractivity contribution in [1.82, 2.24) is 19.8 Å². The van der Waals surface area contributed by atoms with Crippen LogP contribution in [0, 0.1) is 0 Å². The van der Waals surface area contributed by atoms with Crippen molar-refractivity contribution in [3.05, 3.63) is 54.2 Å². The van der Waals surface area contributed by atoms with E-state index in [1.54, 1.807) is 0 Å². The van der Waals surface area contributed by atoms with Crippen LogP contribution in [0.4, 0.5) is 0 Å². The molecule has 4 heterocycles. The first-order chi connectivity index (χ1) is 14.3. The number of nitrogens with zero attached hydrogens (tertiary/aromatic N) is 4. The van der Waals surface area contributed by atoms with Gasteiger partial charge in [-0.1, -0.05) is 24.3 Å². The Morgan fingerprint density at radius 2 is 1.62 bits per heavy atom. The first-order valence-corrected chi connectivity index (χ1v) is 10.8. The maximum atomic E-state index is 5.93. The molecule has 0 radical (unpaired) electrons. The van der Waals surface area contributed by atoms with Crippen LogP contribution >= 0.6 is 0 Å². The number of hydrogen-bond donors (Lipinski definition) is 0. The van der Waals surface area contributed by atoms with Crippen LogP contribution in [-0.4, -0.2) is 58.6 Å². The summed E-state index contributed by atoms with van der Waals surface area (Å²) in [7, 11) is 0. The van der Waals surface area contributed by atoms with Crippen LogP contribution in [0.2, 0.25) is 0 Å². The third kappa shape index (κ3) is 3.72. The lowest BCUT2D eigenvalue weighted by Gasteiger charge is -2.31. The lowest BCUT2D eigenvalue weighted by atomic mass is 10.0. The first-order valence-electron chi connectivity index (χ1n) is 10.8. The van der Waals surface area contributed by atoms with Crippen LogP contribution < -0.4 is 4.74 Å². The third-order valence-electron chi connectivity index (χ3n) is 6.21. The summed E-state index contributed by atoms with van der Waals surface area (Å²) < 4.78 is 5.93. The summed E-state index contributed by atoms with van der Waals surface area (Å²) in [5.41, 5.74) is 4.93. The molecule has 5 nitrogen and oxygen atoms in total. The fourth-order valence-electron chi connectivity index (χ4n) is 4.67. The molecule has 5 heteroatoms. The van der Waals surface area contributed by atoms with E-state index in [2.05, 4.69) is 28.0 Å². The number of ether oxygens (including phenoxy) is 1. The Bertz CT molecular complexity index is 997. The molecule has 3 fully saturated rings. The van der Waals surface area contributed by atoms with Gasteiger partial charge in [-0.2, -0.15) is 0 Å². The van der Waals surface area contributed by atoms with E-state index in [1.165, 1.54) is 25.9 Å². The number of aromatic nitrogens is 2. The van der Waals surface area contributed by atoms with Gasteiger partial charge in [0.15, 0.2) is 0 Å². The molecule has 2 aromatic carbocycles. The maximum Gasteiger partial charge on any atom is 0.128 e. The smallest absolute Gasteiger partial charge is 0.128 e. The van der Waals surface area contributed by atoms with Gasteiger partial charge in [-0.05, 0) is 57.1 Å². The Kier molecular flexibility index (Phi) is 5.17. The van der Waals surface area contributed by atoms with Crippen molar-refractivity contribution in [3.8, 4) is 17.0 Å². The minimum absolute atomic E-state index is 0.636. The highest BCUT2D eigenvalue weighted by molar-refractivity contribution is 5.80. The average Bonchev–Trinajstić information content (AvgIpc) is 3.07. The van der Waals surface area contributed by atoms with E-state index >= 15 is 0 Å². The Hall–Kier alpha value is -2.50. The van der Waals surface area contributed by atoms with Crippen LogP contribution in [-0.2, 0) is 6.54 Å². The molecule has 6 rings (SSSR count). The van der Waals surface area contributed by atoms with Gasteiger partial charge < -0.3 is 9.64 Å². The quantitative estimate of drug-likeness (QED) is 0.661. The summed E-state index contributed by atoms with van der Waals surface area (Å²) in [4.78, 5) is 15.4. The number of piperidine rings is 1. The predicted octanol–water partition coefficient (Wildman–Crippen LogP) is 3.98. The third-order valence-corrected chi connectivity index (χ3v) is 6.21. The largest absolute Gasteiger partial charge is 0.493 e. The van der Waals surface area contributed by atoms with E-state index in [4.69, 9.17) is 14.7 Å². The zero-order chi connectivity index (χ0) is 19.6. The SMILES string of the molecule is CCOc1ccccc1-c1nc2ccccc2nc1CN1CCN2CCC1CC2. The van der Waals surface area contributed by atoms with Gasteiger partial charge in [0.05, 0.1) is 29.0 Å². The predicted molar refractivity (Wildman–Crippen MR) is 116 cm³/mol. The fourth-order valence-corrected chi connectivity index (χ4v) is 4.67. The zero-order valence-electron chi connectivity index (χ0n) is 17.1. The van der Waals surface area contributed by atoms with E-state index in [0.29, 0.717) is 12.6 Å². The molecule has 0 N–H and O–H groups in total. The summed E-state index contributed by atoms with van der Waals surface area (Å²) in [5, 5.41) is 0. The number of fused-ring (bicyclic) bond motifs is 5. The van der Waals surface area contributed by atoms with Gasteiger partial charge in [0.25, 0.3) is 0 Å². The van der Waals surface area contributed by atoms with Crippen molar-refractivity contribution in [2.45, 2.75) is 32.4 Å². The van der Waals surface area contributed by atoms with Crippen molar-refractivity contribution in [3.63, 3.8) is 0 Å². The molecule has 0 unspecified atom stereocenters. The molecule has 0 amide bonds. The summed E-state index contributed by atoms with van der Waals surface area (Å²) in [6.07, 6.45) is 2.51. The van der Waals surface area contributed by atoms with Crippen molar-refractivity contribution < 1.29 is 4.74 Å². The molecule has 29 heavy (non-hydrogen) atoms. The summed E-state index contributed by atoms with van der Waals surface area (Å²) in [5.74, 6) is 0.878. The van der Waals surface area contributed by atoms with E-state index in [1.807, 2.05) is 37.3 Å². The molecule has 0 atom stereocenters. The van der Waals surface area contributed by atoms with Crippen molar-refractivity contribution in [2.24, 2.45) is 0 Å². The second-order valence-electron chi connectivity index (χ2n) is 7.98. The topological polar surface area (TPSA) is 41.5 Å². The van der Waals surface area contributed by atoms with Gasteiger partial charge in [0.1, 0.15) is 5.75 Å². The summed E-state index contributed by atoms with van der Waals surface area (Å²) in [6, 6.07) is 17.0. The Morgan fingerprint density at radius 1 is 0.897 bits per heavy atom. The Balaban J connectivity index is 1.59. The highest BCUT2D eigenvalue weighted by Crippen LogP contribution is 2.33. The molecular formula is C24H28N4O. The molecule has 0 aliphatic carbocycles. The second kappa shape index (κ2) is 8.09. The molecular weight excluding hydrogens is 360 g/mol. The number of hydrogen-bond acceptors (Lipinski definition) is 5. The number of benzene rings is 2. The van der Waals surface area contributed by atoms with E-state index in [0.717, 1.165) is 53.4 Å². The van der Waals surface area contributed by atoms with Gasteiger partial charge in [-0.15, -0.1) is 0 Å². The second-order valence-corrected chi connectivity index (χ2v) is 7.98. The van der Waals surface area contributed by atoms with Gasteiger partial charge in [0.2, 0.25) is 0 Å². The van der Waals surface area contributed by atoms with Crippen molar-refractivity contribution in [2.75, 3.05) is 32.8 Å². The number of rotatable bonds is 5. The van der Waals surface area contributed by atoms with Crippen LogP contribution in [0.3, 0.4) is 0 Å². The lowest BCUT2D eigenvalue weighted by molar-refractivity contribution is 0.175. The standard InChI is InChI=1S/C24H28N4O/c1-2-29-23-10-6-3-7-19(23)24-22(25-20-8-4-5-9-21(20)26-24)17-28-16-15-27-13-11-18(28)12-14-27/h3-10,18H,2,11-17H2,1H3. The first kappa shape index (κ1) is 18.5. The minimum atomic E-state index is 0.636. The van der Waals surface area contributed by atoms with Gasteiger partial charge in [0, 0.05) is 31.2 Å². The van der Waals surface area contributed by atoms with E-state index < -0.39 is 0 Å². The monoisotopic (exact) mass is 388 g/mol. The minimum Gasteiger partial charge on any atom is -0.493 e. The Labute approximate surface area is 172 Å². The van der Waals surface area contributed by atoms with E-state index in [-0.39, 0.29) is 0 Å². The Morgan fingerprint density at radius 3 is 2.41 bits per heavy atom. The highest BCUT2D eigenvalue weighted by atomic mass is 16.5. The molecule has 1 aromatic heterocycles. The van der Waals surface area contributed by atoms with E-state index in [9.17, 15) is 0 Å². The average molecular weight is 389 g/mol. The molecule has 3 aliphatic rings. The van der Waals surface area contributed by atoms with Crippen molar-refractivity contribution in [1.29, 1.82) is 0 Å². The molecule has 3 aromatic rings. The summed E-state index contributed by atoms with van der Waals surface area (Å²) in [6.45, 7) is 8.21. The van der Waals surface area contributed by atoms with Crippen LogP contribution in [0.5, 0.6) is 5.75 Å². The molecule has 150 valence electrons. The van der Waals surface area contributed by atoms with Crippen LogP contribution in [0.15, 0.2) is 48.5 Å². The fraction of sp³-hybridized carbons (Fsp3) is 0.417. The molecule has 0 saturated carbocycles. The molecule has 2 bridgehead atoms. The lowest BCUT2D eigenvalue weighted by Crippen LogP contribution is -2.37. The zero-order valence-corrected chi connectivity index (χ0v) is 17.1. The molecule has 0 spiro atoms. The van der Waals surface area contributed by atoms with Crippen LogP contribution in [0.1, 0.15) is 25.5 Å². The van der Waals surface area contributed by atoms with Gasteiger partial charge in [-0.3, -0.25) is 4.90 Å². The number of para-hydroxylation sites is 3.